The molecule has 1 aromatic heterocycles. The van der Waals surface area contributed by atoms with Crippen LogP contribution in [0.5, 0.6) is 5.75 Å². The number of carbonyl (C=O) groups excluding carboxylic acids is 1. The van der Waals surface area contributed by atoms with Gasteiger partial charge in [0.1, 0.15) is 11.5 Å². The molecule has 3 aromatic rings. The highest BCUT2D eigenvalue weighted by atomic mass is 32.2. The van der Waals surface area contributed by atoms with Crippen LogP contribution in [-0.2, 0) is 21.4 Å². The van der Waals surface area contributed by atoms with Crippen molar-refractivity contribution in [1.82, 2.24) is 5.32 Å². The lowest BCUT2D eigenvalue weighted by molar-refractivity contribution is -0.123. The minimum Gasteiger partial charge on any atom is -0.484 e. The van der Waals surface area contributed by atoms with Crippen LogP contribution in [0.4, 0.5) is 5.69 Å². The van der Waals surface area contributed by atoms with Crippen LogP contribution in [-0.4, -0.2) is 20.9 Å². The molecular formula is C22H24N2O5S. The Kier molecular flexibility index (Phi) is 6.47. The number of carbonyl (C=O) groups is 1. The summed E-state index contributed by atoms with van der Waals surface area (Å²) in [5.41, 5.74) is 3.20. The van der Waals surface area contributed by atoms with Gasteiger partial charge in [-0.15, -0.1) is 0 Å². The first-order valence-electron chi connectivity index (χ1n) is 9.37. The van der Waals surface area contributed by atoms with E-state index in [1.807, 2.05) is 19.9 Å². The molecule has 0 saturated heterocycles. The number of sulfonamides is 1. The SMILES string of the molecule is Cc1ccc(NS(=O)(=O)c2ccc(OCC(=O)NCc3ccco3)c(C)c2)cc1C. The molecule has 0 saturated carbocycles. The van der Waals surface area contributed by atoms with Crippen molar-refractivity contribution in [3.63, 3.8) is 0 Å². The van der Waals surface area contributed by atoms with E-state index in [9.17, 15) is 13.2 Å². The molecule has 0 bridgehead atoms. The lowest BCUT2D eigenvalue weighted by Crippen LogP contribution is -2.28. The number of hydrogen-bond acceptors (Lipinski definition) is 5. The second-order valence-electron chi connectivity index (χ2n) is 6.98. The molecule has 1 heterocycles. The number of rotatable bonds is 8. The van der Waals surface area contributed by atoms with Crippen LogP contribution in [0, 0.1) is 20.8 Å². The summed E-state index contributed by atoms with van der Waals surface area (Å²) in [4.78, 5) is 12.0. The van der Waals surface area contributed by atoms with Crippen molar-refractivity contribution in [2.75, 3.05) is 11.3 Å². The second-order valence-corrected chi connectivity index (χ2v) is 8.66. The highest BCUT2D eigenvalue weighted by molar-refractivity contribution is 7.92. The van der Waals surface area contributed by atoms with E-state index >= 15 is 0 Å². The molecule has 158 valence electrons. The first kappa shape index (κ1) is 21.4. The molecule has 30 heavy (non-hydrogen) atoms. The lowest BCUT2D eigenvalue weighted by Gasteiger charge is -2.13. The van der Waals surface area contributed by atoms with E-state index in [0.717, 1.165) is 11.1 Å². The molecule has 3 rings (SSSR count). The lowest BCUT2D eigenvalue weighted by atomic mass is 10.1. The Morgan fingerprint density at radius 2 is 1.80 bits per heavy atom. The Bertz CT molecular complexity index is 1140. The normalized spacial score (nSPS) is 11.2. The average Bonchev–Trinajstić information content (AvgIpc) is 3.21. The van der Waals surface area contributed by atoms with Crippen LogP contribution in [0.3, 0.4) is 0 Å². The number of aryl methyl sites for hydroxylation is 3. The first-order valence-corrected chi connectivity index (χ1v) is 10.9. The third kappa shape index (κ3) is 5.42. The Labute approximate surface area is 176 Å². The molecule has 1 amide bonds. The molecule has 0 spiro atoms. The van der Waals surface area contributed by atoms with Gasteiger partial charge < -0.3 is 14.5 Å². The van der Waals surface area contributed by atoms with Crippen molar-refractivity contribution in [1.29, 1.82) is 0 Å². The predicted molar refractivity (Wildman–Crippen MR) is 114 cm³/mol. The van der Waals surface area contributed by atoms with Crippen molar-refractivity contribution in [3.8, 4) is 5.75 Å². The number of hydrogen-bond donors (Lipinski definition) is 2. The third-order valence-electron chi connectivity index (χ3n) is 4.61. The van der Waals surface area contributed by atoms with E-state index in [4.69, 9.17) is 9.15 Å². The fraction of sp³-hybridized carbons (Fsp3) is 0.227. The molecule has 0 aliphatic carbocycles. The molecule has 2 aromatic carbocycles. The fourth-order valence-electron chi connectivity index (χ4n) is 2.76. The molecule has 0 atom stereocenters. The zero-order chi connectivity index (χ0) is 21.7. The van der Waals surface area contributed by atoms with E-state index in [0.29, 0.717) is 22.8 Å². The second kappa shape index (κ2) is 9.04. The van der Waals surface area contributed by atoms with Gasteiger partial charge in [-0.1, -0.05) is 6.07 Å². The summed E-state index contributed by atoms with van der Waals surface area (Å²) in [7, 11) is -3.74. The van der Waals surface area contributed by atoms with Crippen molar-refractivity contribution in [3.05, 3.63) is 77.2 Å². The quantitative estimate of drug-likeness (QED) is 0.570. The van der Waals surface area contributed by atoms with Crippen LogP contribution in [0.2, 0.25) is 0 Å². The van der Waals surface area contributed by atoms with Crippen molar-refractivity contribution in [2.45, 2.75) is 32.2 Å². The van der Waals surface area contributed by atoms with Crippen LogP contribution in [0.1, 0.15) is 22.5 Å². The standard InChI is InChI=1S/C22H24N2O5S/c1-15-6-7-18(11-16(15)2)24-30(26,27)20-8-9-21(17(3)12-20)29-14-22(25)23-13-19-5-4-10-28-19/h4-12,24H,13-14H2,1-3H3,(H,23,25). The van der Waals surface area contributed by atoms with Crippen LogP contribution in [0.15, 0.2) is 64.1 Å². The van der Waals surface area contributed by atoms with Gasteiger partial charge in [-0.3, -0.25) is 9.52 Å². The van der Waals surface area contributed by atoms with Gasteiger partial charge in [-0.05, 0) is 79.9 Å². The number of benzene rings is 2. The van der Waals surface area contributed by atoms with Crippen LogP contribution >= 0.6 is 0 Å². The van der Waals surface area contributed by atoms with Gasteiger partial charge in [0.2, 0.25) is 0 Å². The number of furan rings is 1. The Hall–Kier alpha value is -3.26. The summed E-state index contributed by atoms with van der Waals surface area (Å²) in [6.07, 6.45) is 1.53. The van der Waals surface area contributed by atoms with Crippen LogP contribution < -0.4 is 14.8 Å². The molecule has 0 unspecified atom stereocenters. The first-order chi connectivity index (χ1) is 14.2. The van der Waals surface area contributed by atoms with Gasteiger partial charge in [0, 0.05) is 5.69 Å². The highest BCUT2D eigenvalue weighted by Crippen LogP contribution is 2.24. The third-order valence-corrected chi connectivity index (χ3v) is 5.99. The molecule has 0 fully saturated rings. The maximum atomic E-state index is 12.7. The number of nitrogens with one attached hydrogen (secondary N) is 2. The van der Waals surface area contributed by atoms with Gasteiger partial charge >= 0.3 is 0 Å². The maximum absolute atomic E-state index is 12.7. The molecule has 2 N–H and O–H groups in total. The van der Waals surface area contributed by atoms with E-state index in [2.05, 4.69) is 10.0 Å². The van der Waals surface area contributed by atoms with E-state index in [1.54, 1.807) is 37.3 Å². The Morgan fingerprint density at radius 3 is 2.47 bits per heavy atom. The molecule has 8 heteroatoms. The minimum atomic E-state index is -3.74. The molecular weight excluding hydrogens is 404 g/mol. The fourth-order valence-corrected chi connectivity index (χ4v) is 3.90. The summed E-state index contributed by atoms with van der Waals surface area (Å²) in [5, 5.41) is 2.68. The van der Waals surface area contributed by atoms with Gasteiger partial charge in [-0.25, -0.2) is 8.42 Å². The predicted octanol–water partition coefficient (Wildman–Crippen LogP) is 3.70. The highest BCUT2D eigenvalue weighted by Gasteiger charge is 2.16. The van der Waals surface area contributed by atoms with E-state index in [1.165, 1.54) is 18.4 Å². The Balaban J connectivity index is 1.62. The summed E-state index contributed by atoms with van der Waals surface area (Å²) < 4.78 is 38.7. The largest absolute Gasteiger partial charge is 0.484 e. The van der Waals surface area contributed by atoms with Gasteiger partial charge in [-0.2, -0.15) is 0 Å². The molecule has 0 aliphatic heterocycles. The minimum absolute atomic E-state index is 0.118. The van der Waals surface area contributed by atoms with Gasteiger partial charge in [0.15, 0.2) is 6.61 Å². The topological polar surface area (TPSA) is 97.6 Å². The molecule has 0 radical (unpaired) electrons. The number of amides is 1. The summed E-state index contributed by atoms with van der Waals surface area (Å²) in [6.45, 7) is 5.70. The average molecular weight is 429 g/mol. The number of anilines is 1. The zero-order valence-electron chi connectivity index (χ0n) is 17.1. The summed E-state index contributed by atoms with van der Waals surface area (Å²) in [5.74, 6) is 0.776. The molecule has 7 nitrogen and oxygen atoms in total. The van der Waals surface area contributed by atoms with Gasteiger partial charge in [0.25, 0.3) is 15.9 Å². The smallest absolute Gasteiger partial charge is 0.261 e. The van der Waals surface area contributed by atoms with Crippen LogP contribution in [0.25, 0.3) is 0 Å². The van der Waals surface area contributed by atoms with Crippen molar-refractivity contribution < 1.29 is 22.4 Å². The zero-order valence-corrected chi connectivity index (χ0v) is 17.9. The number of ether oxygens (including phenoxy) is 1. The molecule has 0 aliphatic rings. The van der Waals surface area contributed by atoms with Gasteiger partial charge in [0.05, 0.1) is 17.7 Å². The summed E-state index contributed by atoms with van der Waals surface area (Å²) >= 11 is 0. The maximum Gasteiger partial charge on any atom is 0.261 e. The Morgan fingerprint density at radius 1 is 1.00 bits per heavy atom. The van der Waals surface area contributed by atoms with E-state index < -0.39 is 10.0 Å². The van der Waals surface area contributed by atoms with E-state index in [-0.39, 0.29) is 24.0 Å². The van der Waals surface area contributed by atoms with Crippen molar-refractivity contribution >= 4 is 21.6 Å². The monoisotopic (exact) mass is 428 g/mol. The van der Waals surface area contributed by atoms with Crippen molar-refractivity contribution in [2.24, 2.45) is 0 Å². The summed E-state index contributed by atoms with van der Waals surface area (Å²) in [6, 6.07) is 13.4.